The number of ether oxygens (including phenoxy) is 2. The van der Waals surface area contributed by atoms with Gasteiger partial charge in [0.05, 0.1) is 17.6 Å². The lowest BCUT2D eigenvalue weighted by atomic mass is 10.1. The molecular formula is C18H13ClFNO3. The Bertz CT molecular complexity index is 894. The summed E-state index contributed by atoms with van der Waals surface area (Å²) < 4.78 is 24.3. The molecule has 1 heterocycles. The van der Waals surface area contributed by atoms with E-state index in [9.17, 15) is 9.18 Å². The van der Waals surface area contributed by atoms with Crippen LogP contribution in [0.15, 0.2) is 48.5 Å². The van der Waals surface area contributed by atoms with Crippen molar-refractivity contribution in [2.75, 3.05) is 7.11 Å². The maximum atomic E-state index is 13.9. The summed E-state index contributed by atoms with van der Waals surface area (Å²) in [6.07, 6.45) is 0. The molecule has 0 aliphatic rings. The molecule has 0 atom stereocenters. The third kappa shape index (κ3) is 3.16. The largest absolute Gasteiger partial charge is 0.488 e. The van der Waals surface area contributed by atoms with Crippen molar-refractivity contribution >= 4 is 28.5 Å². The maximum Gasteiger partial charge on any atom is 0.356 e. The number of carbonyl (C=O) groups is 1. The van der Waals surface area contributed by atoms with E-state index in [1.165, 1.54) is 25.3 Å². The van der Waals surface area contributed by atoms with Gasteiger partial charge in [0.15, 0.2) is 5.69 Å². The molecule has 1 aromatic heterocycles. The molecule has 0 saturated heterocycles. The first-order chi connectivity index (χ1) is 11.6. The van der Waals surface area contributed by atoms with Crippen molar-refractivity contribution in [2.24, 2.45) is 0 Å². The Balaban J connectivity index is 2.00. The molecule has 0 fully saturated rings. The highest BCUT2D eigenvalue weighted by Gasteiger charge is 2.14. The second-order valence-electron chi connectivity index (χ2n) is 5.00. The Labute approximate surface area is 142 Å². The third-order valence-electron chi connectivity index (χ3n) is 3.51. The van der Waals surface area contributed by atoms with Crippen LogP contribution in [0.25, 0.3) is 10.9 Å². The van der Waals surface area contributed by atoms with Crippen LogP contribution in [-0.2, 0) is 11.3 Å². The molecule has 0 radical (unpaired) electrons. The van der Waals surface area contributed by atoms with Crippen molar-refractivity contribution in [3.8, 4) is 5.75 Å². The van der Waals surface area contributed by atoms with Crippen LogP contribution in [0.5, 0.6) is 5.75 Å². The zero-order chi connectivity index (χ0) is 17.1. The van der Waals surface area contributed by atoms with E-state index in [2.05, 4.69) is 4.98 Å². The summed E-state index contributed by atoms with van der Waals surface area (Å²) >= 11 is 6.01. The molecule has 0 bridgehead atoms. The Morgan fingerprint density at radius 2 is 2.00 bits per heavy atom. The summed E-state index contributed by atoms with van der Waals surface area (Å²) in [5.41, 5.74) is 0.945. The molecule has 0 spiro atoms. The van der Waals surface area contributed by atoms with Gasteiger partial charge in [-0.05, 0) is 24.3 Å². The minimum atomic E-state index is -0.575. The Morgan fingerprint density at radius 1 is 1.21 bits per heavy atom. The van der Waals surface area contributed by atoms with Crippen LogP contribution in [0.3, 0.4) is 0 Å². The molecule has 0 saturated carbocycles. The van der Waals surface area contributed by atoms with Gasteiger partial charge in [-0.15, -0.1) is 0 Å². The van der Waals surface area contributed by atoms with Crippen LogP contribution in [0.1, 0.15) is 16.1 Å². The first-order valence-corrected chi connectivity index (χ1v) is 7.51. The van der Waals surface area contributed by atoms with Crippen molar-refractivity contribution in [1.29, 1.82) is 0 Å². The molecule has 3 aromatic rings. The molecule has 0 aliphatic heterocycles. The second kappa shape index (κ2) is 6.84. The van der Waals surface area contributed by atoms with Crippen LogP contribution in [0.2, 0.25) is 5.02 Å². The summed E-state index contributed by atoms with van der Waals surface area (Å²) in [6.45, 7) is -0.0693. The van der Waals surface area contributed by atoms with Crippen LogP contribution < -0.4 is 4.74 Å². The predicted molar refractivity (Wildman–Crippen MR) is 88.8 cm³/mol. The van der Waals surface area contributed by atoms with Gasteiger partial charge in [-0.1, -0.05) is 29.8 Å². The number of rotatable bonds is 4. The normalized spacial score (nSPS) is 10.6. The topological polar surface area (TPSA) is 48.4 Å². The van der Waals surface area contributed by atoms with E-state index in [-0.39, 0.29) is 22.9 Å². The Hall–Kier alpha value is -2.66. The number of hydrogen-bond donors (Lipinski definition) is 0. The standard InChI is InChI=1S/C18H13ClFNO3/c1-23-18(22)16-9-17(11-5-2-3-8-15(11)21-16)24-10-12-13(19)6-4-7-14(12)20/h2-9H,10H2,1H3. The van der Waals surface area contributed by atoms with E-state index in [1.54, 1.807) is 18.2 Å². The zero-order valence-corrected chi connectivity index (χ0v) is 13.5. The first-order valence-electron chi connectivity index (χ1n) is 7.14. The number of nitrogens with zero attached hydrogens (tertiary/aromatic N) is 1. The van der Waals surface area contributed by atoms with E-state index in [0.29, 0.717) is 16.7 Å². The summed E-state index contributed by atoms with van der Waals surface area (Å²) in [6, 6.07) is 13.1. The molecule has 3 rings (SSSR count). The fourth-order valence-corrected chi connectivity index (χ4v) is 2.51. The lowest BCUT2D eigenvalue weighted by molar-refractivity contribution is 0.0594. The molecule has 2 aromatic carbocycles. The van der Waals surface area contributed by atoms with Gasteiger partial charge in [0.1, 0.15) is 18.2 Å². The van der Waals surface area contributed by atoms with Crippen LogP contribution in [0.4, 0.5) is 4.39 Å². The van der Waals surface area contributed by atoms with E-state index < -0.39 is 11.8 Å². The van der Waals surface area contributed by atoms with Gasteiger partial charge in [0.2, 0.25) is 0 Å². The highest BCUT2D eigenvalue weighted by Crippen LogP contribution is 2.28. The number of fused-ring (bicyclic) bond motifs is 1. The number of pyridine rings is 1. The number of aromatic nitrogens is 1. The maximum absolute atomic E-state index is 13.9. The molecule has 122 valence electrons. The number of carbonyl (C=O) groups excluding carboxylic acids is 1. The minimum Gasteiger partial charge on any atom is -0.488 e. The number of hydrogen-bond acceptors (Lipinski definition) is 4. The number of benzene rings is 2. The molecule has 0 amide bonds. The predicted octanol–water partition coefficient (Wildman–Crippen LogP) is 4.39. The molecule has 6 heteroatoms. The fraction of sp³-hybridized carbons (Fsp3) is 0.111. The van der Waals surface area contributed by atoms with Crippen molar-refractivity contribution in [3.05, 3.63) is 70.6 Å². The van der Waals surface area contributed by atoms with Crippen molar-refractivity contribution in [1.82, 2.24) is 4.98 Å². The van der Waals surface area contributed by atoms with Crippen molar-refractivity contribution in [2.45, 2.75) is 6.61 Å². The SMILES string of the molecule is COC(=O)c1cc(OCc2c(F)cccc2Cl)c2ccccc2n1. The van der Waals surface area contributed by atoms with Gasteiger partial charge in [-0.2, -0.15) is 0 Å². The summed E-state index contributed by atoms with van der Waals surface area (Å²) in [5.74, 6) is -0.621. The Morgan fingerprint density at radius 3 is 2.75 bits per heavy atom. The van der Waals surface area contributed by atoms with Crippen LogP contribution in [-0.4, -0.2) is 18.1 Å². The number of halogens is 2. The zero-order valence-electron chi connectivity index (χ0n) is 12.8. The molecule has 0 aliphatic carbocycles. The highest BCUT2D eigenvalue weighted by molar-refractivity contribution is 6.31. The number of methoxy groups -OCH3 is 1. The highest BCUT2D eigenvalue weighted by atomic mass is 35.5. The Kier molecular flexibility index (Phi) is 4.62. The van der Waals surface area contributed by atoms with E-state index >= 15 is 0 Å². The quantitative estimate of drug-likeness (QED) is 0.658. The molecule has 24 heavy (non-hydrogen) atoms. The van der Waals surface area contributed by atoms with Crippen LogP contribution in [0, 0.1) is 5.82 Å². The summed E-state index contributed by atoms with van der Waals surface area (Å²) in [5, 5.41) is 0.985. The summed E-state index contributed by atoms with van der Waals surface area (Å²) in [7, 11) is 1.28. The minimum absolute atomic E-state index is 0.0693. The number of para-hydroxylation sites is 1. The van der Waals surface area contributed by atoms with Crippen LogP contribution >= 0.6 is 11.6 Å². The smallest absolute Gasteiger partial charge is 0.356 e. The van der Waals surface area contributed by atoms with Crippen molar-refractivity contribution < 1.29 is 18.7 Å². The van der Waals surface area contributed by atoms with Gasteiger partial charge < -0.3 is 9.47 Å². The second-order valence-corrected chi connectivity index (χ2v) is 5.41. The monoisotopic (exact) mass is 345 g/mol. The molecule has 4 nitrogen and oxygen atoms in total. The van der Waals surface area contributed by atoms with Gasteiger partial charge in [-0.25, -0.2) is 14.2 Å². The molecule has 0 N–H and O–H groups in total. The van der Waals surface area contributed by atoms with Gasteiger partial charge in [0, 0.05) is 17.0 Å². The lowest BCUT2D eigenvalue weighted by Crippen LogP contribution is -2.06. The molecular weight excluding hydrogens is 333 g/mol. The average molecular weight is 346 g/mol. The van der Waals surface area contributed by atoms with E-state index in [1.807, 2.05) is 12.1 Å². The number of esters is 1. The lowest BCUT2D eigenvalue weighted by Gasteiger charge is -2.12. The third-order valence-corrected chi connectivity index (χ3v) is 3.86. The first kappa shape index (κ1) is 16.2. The fourth-order valence-electron chi connectivity index (χ4n) is 2.29. The summed E-state index contributed by atoms with van der Waals surface area (Å²) in [4.78, 5) is 16.0. The van der Waals surface area contributed by atoms with Gasteiger partial charge in [0.25, 0.3) is 0 Å². The van der Waals surface area contributed by atoms with Crippen molar-refractivity contribution in [3.63, 3.8) is 0 Å². The van der Waals surface area contributed by atoms with Gasteiger partial charge >= 0.3 is 5.97 Å². The van der Waals surface area contributed by atoms with E-state index in [0.717, 1.165) is 0 Å². The molecule has 0 unspecified atom stereocenters. The van der Waals surface area contributed by atoms with E-state index in [4.69, 9.17) is 21.1 Å². The van der Waals surface area contributed by atoms with Gasteiger partial charge in [-0.3, -0.25) is 0 Å². The average Bonchev–Trinajstić information content (AvgIpc) is 2.60.